The van der Waals surface area contributed by atoms with Gasteiger partial charge in [0.05, 0.1) is 0 Å². The van der Waals surface area contributed by atoms with Crippen LogP contribution in [-0.2, 0) is 25.5 Å². The van der Waals surface area contributed by atoms with E-state index >= 15 is 0 Å². The van der Waals surface area contributed by atoms with Gasteiger partial charge in [0.15, 0.2) is 0 Å². The summed E-state index contributed by atoms with van der Waals surface area (Å²) in [6, 6.07) is 9.50. The van der Waals surface area contributed by atoms with Crippen molar-refractivity contribution in [1.29, 1.82) is 0 Å². The highest BCUT2D eigenvalue weighted by atomic mass is 16.6. The summed E-state index contributed by atoms with van der Waals surface area (Å²) < 4.78 is 5.74. The number of likely N-dealkylation sites (tertiary alicyclic amines) is 1. The molecule has 178 valence electrons. The Balaban J connectivity index is 2.36. The van der Waals surface area contributed by atoms with E-state index in [0.717, 1.165) is 24.7 Å². The highest BCUT2D eigenvalue weighted by Gasteiger charge is 2.46. The Morgan fingerprint density at radius 1 is 1.25 bits per heavy atom. The van der Waals surface area contributed by atoms with E-state index in [9.17, 15) is 14.4 Å². The second-order valence-corrected chi connectivity index (χ2v) is 10.1. The van der Waals surface area contributed by atoms with Crippen molar-refractivity contribution in [3.05, 3.63) is 35.9 Å². The molecule has 0 radical (unpaired) electrons. The van der Waals surface area contributed by atoms with E-state index in [2.05, 4.69) is 29.3 Å². The molecule has 0 aliphatic carbocycles. The Labute approximate surface area is 193 Å². The molecule has 0 saturated carbocycles. The number of carbonyl (C=O) groups excluding carboxylic acids is 3. The molecule has 5 unspecified atom stereocenters. The van der Waals surface area contributed by atoms with E-state index in [0.29, 0.717) is 19.4 Å². The molecule has 1 aromatic rings. The molecule has 0 aromatic heterocycles. The molecule has 1 aliphatic rings. The molecule has 1 aromatic carbocycles. The summed E-state index contributed by atoms with van der Waals surface area (Å²) in [6.07, 6.45) is 4.04. The standard InChI is InChI=1S/C26H40N2O4/c1-7-11-21(18(2)27-19(3)30)16-28-23(14-20-12-9-8-10-13-20)22(17-29)15-24(28)25(31)32-26(4,5)6/h8-10,12-13,17-18,21-24H,7,11,14-16H2,1-6H3,(H,27,30). The molecule has 6 nitrogen and oxygen atoms in total. The number of hydrogen-bond donors (Lipinski definition) is 1. The molecule has 1 N–H and O–H groups in total. The predicted molar refractivity (Wildman–Crippen MR) is 126 cm³/mol. The van der Waals surface area contributed by atoms with Crippen LogP contribution < -0.4 is 5.32 Å². The van der Waals surface area contributed by atoms with Gasteiger partial charge in [-0.1, -0.05) is 43.7 Å². The number of benzene rings is 1. The van der Waals surface area contributed by atoms with Gasteiger partial charge in [-0.3, -0.25) is 14.5 Å². The van der Waals surface area contributed by atoms with Crippen LogP contribution >= 0.6 is 0 Å². The van der Waals surface area contributed by atoms with Crippen LogP contribution in [0, 0.1) is 11.8 Å². The minimum Gasteiger partial charge on any atom is -0.459 e. The Hall–Kier alpha value is -2.21. The van der Waals surface area contributed by atoms with E-state index < -0.39 is 11.6 Å². The summed E-state index contributed by atoms with van der Waals surface area (Å²) in [7, 11) is 0. The normalized spacial score (nSPS) is 23.4. The van der Waals surface area contributed by atoms with E-state index in [1.807, 2.05) is 45.9 Å². The molecule has 32 heavy (non-hydrogen) atoms. The Morgan fingerprint density at radius 3 is 2.44 bits per heavy atom. The zero-order valence-corrected chi connectivity index (χ0v) is 20.5. The maximum atomic E-state index is 13.2. The molecule has 0 spiro atoms. The van der Waals surface area contributed by atoms with Crippen LogP contribution in [0.25, 0.3) is 0 Å². The summed E-state index contributed by atoms with van der Waals surface area (Å²) in [5.41, 5.74) is 0.546. The Kier molecular flexibility index (Phi) is 9.44. The quantitative estimate of drug-likeness (QED) is 0.439. The fourth-order valence-corrected chi connectivity index (χ4v) is 4.74. The van der Waals surface area contributed by atoms with Gasteiger partial charge in [-0.05, 0) is 58.4 Å². The maximum absolute atomic E-state index is 13.2. The van der Waals surface area contributed by atoms with Crippen molar-refractivity contribution in [3.63, 3.8) is 0 Å². The summed E-state index contributed by atoms with van der Waals surface area (Å²) in [5, 5.41) is 3.02. The van der Waals surface area contributed by atoms with Crippen LogP contribution in [-0.4, -0.2) is 53.3 Å². The van der Waals surface area contributed by atoms with Crippen molar-refractivity contribution < 1.29 is 19.1 Å². The summed E-state index contributed by atoms with van der Waals surface area (Å²) in [6.45, 7) is 11.9. The van der Waals surface area contributed by atoms with Crippen molar-refractivity contribution in [1.82, 2.24) is 10.2 Å². The molecule has 1 aliphatic heterocycles. The van der Waals surface area contributed by atoms with Crippen LogP contribution in [0.5, 0.6) is 0 Å². The number of esters is 1. The Morgan fingerprint density at radius 2 is 1.91 bits per heavy atom. The van der Waals surface area contributed by atoms with Crippen LogP contribution in [0.2, 0.25) is 0 Å². The molecule has 2 rings (SSSR count). The highest BCUT2D eigenvalue weighted by Crippen LogP contribution is 2.34. The number of nitrogens with one attached hydrogen (secondary N) is 1. The number of rotatable bonds is 10. The lowest BCUT2D eigenvalue weighted by Crippen LogP contribution is -2.50. The Bertz CT molecular complexity index is 759. The number of nitrogens with zero attached hydrogens (tertiary/aromatic N) is 1. The average Bonchev–Trinajstić information content (AvgIpc) is 3.04. The average molecular weight is 445 g/mol. The third-order valence-corrected chi connectivity index (χ3v) is 6.20. The molecule has 6 heteroatoms. The molecular formula is C26H40N2O4. The summed E-state index contributed by atoms with van der Waals surface area (Å²) in [4.78, 5) is 39.1. The number of ether oxygens (including phenoxy) is 1. The van der Waals surface area contributed by atoms with Crippen LogP contribution in [0.15, 0.2) is 30.3 Å². The van der Waals surface area contributed by atoms with Gasteiger partial charge in [-0.25, -0.2) is 0 Å². The number of aldehydes is 1. The van der Waals surface area contributed by atoms with Crippen molar-refractivity contribution in [2.24, 2.45) is 11.8 Å². The van der Waals surface area contributed by atoms with Gasteiger partial charge >= 0.3 is 5.97 Å². The fraction of sp³-hybridized carbons (Fsp3) is 0.654. The first-order valence-corrected chi connectivity index (χ1v) is 11.8. The second kappa shape index (κ2) is 11.6. The molecule has 1 saturated heterocycles. The molecule has 1 heterocycles. The summed E-state index contributed by atoms with van der Waals surface area (Å²) >= 11 is 0. The van der Waals surface area contributed by atoms with Crippen molar-refractivity contribution in [3.8, 4) is 0 Å². The van der Waals surface area contributed by atoms with E-state index in [-0.39, 0.29) is 35.8 Å². The van der Waals surface area contributed by atoms with Gasteiger partial charge < -0.3 is 14.8 Å². The SMILES string of the molecule is CCCC(CN1C(C(=O)OC(C)(C)C)CC(C=O)C1Cc1ccccc1)C(C)NC(C)=O. The zero-order chi connectivity index (χ0) is 23.9. The number of hydrogen-bond acceptors (Lipinski definition) is 5. The first kappa shape index (κ1) is 26.0. The van der Waals surface area contributed by atoms with E-state index in [1.54, 1.807) is 0 Å². The largest absolute Gasteiger partial charge is 0.459 e. The highest BCUT2D eigenvalue weighted by molar-refractivity contribution is 5.78. The minimum absolute atomic E-state index is 0.0283. The lowest BCUT2D eigenvalue weighted by molar-refractivity contribution is -0.161. The number of carbonyl (C=O) groups is 3. The molecule has 0 bridgehead atoms. The van der Waals surface area contributed by atoms with Crippen LogP contribution in [0.4, 0.5) is 0 Å². The second-order valence-electron chi connectivity index (χ2n) is 10.1. The van der Waals surface area contributed by atoms with E-state index in [4.69, 9.17) is 4.74 Å². The molecule has 1 amide bonds. The summed E-state index contributed by atoms with van der Waals surface area (Å²) in [5.74, 6) is -0.416. The zero-order valence-electron chi connectivity index (χ0n) is 20.5. The van der Waals surface area contributed by atoms with Crippen LogP contribution in [0.1, 0.15) is 66.4 Å². The lowest BCUT2D eigenvalue weighted by Gasteiger charge is -2.36. The third kappa shape index (κ3) is 7.44. The van der Waals surface area contributed by atoms with E-state index in [1.165, 1.54) is 6.92 Å². The van der Waals surface area contributed by atoms with Gasteiger partial charge in [-0.2, -0.15) is 0 Å². The smallest absolute Gasteiger partial charge is 0.323 e. The molecular weight excluding hydrogens is 404 g/mol. The van der Waals surface area contributed by atoms with Gasteiger partial charge in [0.1, 0.15) is 17.9 Å². The number of amides is 1. The first-order chi connectivity index (χ1) is 15.1. The van der Waals surface area contributed by atoms with Crippen LogP contribution in [0.3, 0.4) is 0 Å². The van der Waals surface area contributed by atoms with Crippen molar-refractivity contribution in [2.45, 2.75) is 91.0 Å². The molecule has 1 fully saturated rings. The predicted octanol–water partition coefficient (Wildman–Crippen LogP) is 3.77. The minimum atomic E-state index is -0.594. The van der Waals surface area contributed by atoms with Gasteiger partial charge in [0, 0.05) is 31.5 Å². The fourth-order valence-electron chi connectivity index (χ4n) is 4.74. The molecule has 5 atom stereocenters. The van der Waals surface area contributed by atoms with Gasteiger partial charge in [0.25, 0.3) is 0 Å². The van der Waals surface area contributed by atoms with Gasteiger partial charge in [-0.15, -0.1) is 0 Å². The lowest BCUT2D eigenvalue weighted by atomic mass is 9.92. The third-order valence-electron chi connectivity index (χ3n) is 6.20. The van der Waals surface area contributed by atoms with Crippen molar-refractivity contribution in [2.75, 3.05) is 6.54 Å². The first-order valence-electron chi connectivity index (χ1n) is 11.8. The van der Waals surface area contributed by atoms with Crippen molar-refractivity contribution >= 4 is 18.2 Å². The van der Waals surface area contributed by atoms with Gasteiger partial charge in [0.2, 0.25) is 5.91 Å². The maximum Gasteiger partial charge on any atom is 0.323 e. The topological polar surface area (TPSA) is 75.7 Å². The monoisotopic (exact) mass is 444 g/mol.